The maximum atomic E-state index is 12.4. The lowest BCUT2D eigenvalue weighted by Gasteiger charge is -2.20. The quantitative estimate of drug-likeness (QED) is 0.753. The first kappa shape index (κ1) is 20.9. The lowest BCUT2D eigenvalue weighted by molar-refractivity contribution is -0.274. The molecule has 10 heteroatoms. The van der Waals surface area contributed by atoms with Crippen LogP contribution in [0.5, 0.6) is 5.75 Å². The summed E-state index contributed by atoms with van der Waals surface area (Å²) in [7, 11) is -3.45. The van der Waals surface area contributed by atoms with E-state index >= 15 is 0 Å². The number of sulfone groups is 1. The molecule has 1 aliphatic rings. The number of carbonyl (C=O) groups is 1. The molecule has 3 rings (SSSR count). The van der Waals surface area contributed by atoms with Gasteiger partial charge in [-0.25, -0.2) is 13.2 Å². The van der Waals surface area contributed by atoms with Gasteiger partial charge in [0.25, 0.3) is 0 Å². The molecule has 0 radical (unpaired) electrons. The SMILES string of the molecule is CC1(O)OC(=O)C(c2ccc(OC(F)(F)F)cc2)=C1c1ccc(S(C)(=O)=O)cc1. The van der Waals surface area contributed by atoms with Gasteiger partial charge in [-0.3, -0.25) is 0 Å². The van der Waals surface area contributed by atoms with E-state index in [1.165, 1.54) is 43.3 Å². The van der Waals surface area contributed by atoms with Crippen molar-refractivity contribution in [2.75, 3.05) is 6.26 Å². The molecule has 1 N–H and O–H groups in total. The van der Waals surface area contributed by atoms with Crippen molar-refractivity contribution in [2.24, 2.45) is 0 Å². The highest BCUT2D eigenvalue weighted by Gasteiger charge is 2.44. The van der Waals surface area contributed by atoms with Crippen LogP contribution in [0.3, 0.4) is 0 Å². The Kier molecular flexibility index (Phi) is 4.96. The smallest absolute Gasteiger partial charge is 0.425 e. The summed E-state index contributed by atoms with van der Waals surface area (Å²) in [5.74, 6) is -3.36. The molecule has 1 heterocycles. The summed E-state index contributed by atoms with van der Waals surface area (Å²) in [6.07, 6.45) is -3.82. The largest absolute Gasteiger partial charge is 0.573 e. The Labute approximate surface area is 164 Å². The summed E-state index contributed by atoms with van der Waals surface area (Å²) in [5.41, 5.74) is 0.524. The molecule has 0 aliphatic carbocycles. The van der Waals surface area contributed by atoms with Gasteiger partial charge >= 0.3 is 12.3 Å². The number of ether oxygens (including phenoxy) is 2. The predicted octanol–water partition coefficient (Wildman–Crippen LogP) is 3.16. The van der Waals surface area contributed by atoms with Gasteiger partial charge in [0, 0.05) is 18.8 Å². The molecule has 154 valence electrons. The summed E-state index contributed by atoms with van der Waals surface area (Å²) in [4.78, 5) is 12.4. The topological polar surface area (TPSA) is 89.9 Å². The van der Waals surface area contributed by atoms with Crippen molar-refractivity contribution >= 4 is 27.0 Å². The van der Waals surface area contributed by atoms with Crippen LogP contribution in [0.25, 0.3) is 11.1 Å². The Morgan fingerprint density at radius 3 is 2.00 bits per heavy atom. The van der Waals surface area contributed by atoms with Crippen LogP contribution in [-0.2, 0) is 19.4 Å². The molecule has 1 aliphatic heterocycles. The molecule has 0 spiro atoms. The molecule has 2 aromatic carbocycles. The van der Waals surface area contributed by atoms with E-state index in [-0.39, 0.29) is 21.6 Å². The molecule has 0 bridgehead atoms. The summed E-state index contributed by atoms with van der Waals surface area (Å²) in [6, 6.07) is 9.95. The van der Waals surface area contributed by atoms with Gasteiger partial charge in [0.05, 0.1) is 10.5 Å². The van der Waals surface area contributed by atoms with Gasteiger partial charge in [-0.1, -0.05) is 24.3 Å². The van der Waals surface area contributed by atoms with Crippen LogP contribution in [0, 0.1) is 0 Å². The molecule has 1 unspecified atom stereocenters. The Hall–Kier alpha value is -2.85. The number of halogens is 3. The molecule has 0 amide bonds. The third-order valence-electron chi connectivity index (χ3n) is 4.16. The summed E-state index contributed by atoms with van der Waals surface area (Å²) >= 11 is 0. The Balaban J connectivity index is 2.09. The maximum absolute atomic E-state index is 12.4. The van der Waals surface area contributed by atoms with Crippen molar-refractivity contribution in [1.29, 1.82) is 0 Å². The average molecular weight is 428 g/mol. The molecule has 6 nitrogen and oxygen atoms in total. The van der Waals surface area contributed by atoms with Crippen LogP contribution in [-0.4, -0.2) is 37.9 Å². The van der Waals surface area contributed by atoms with Gasteiger partial charge in [0.15, 0.2) is 9.84 Å². The van der Waals surface area contributed by atoms with Gasteiger partial charge in [0.1, 0.15) is 5.75 Å². The molecule has 29 heavy (non-hydrogen) atoms. The third kappa shape index (κ3) is 4.43. The molecular weight excluding hydrogens is 413 g/mol. The minimum atomic E-state index is -4.86. The first-order valence-electron chi connectivity index (χ1n) is 8.15. The average Bonchev–Trinajstić information content (AvgIpc) is 2.82. The van der Waals surface area contributed by atoms with Crippen LogP contribution in [0.15, 0.2) is 53.4 Å². The molecule has 0 fully saturated rings. The van der Waals surface area contributed by atoms with Gasteiger partial charge < -0.3 is 14.6 Å². The first-order valence-corrected chi connectivity index (χ1v) is 10.0. The molecule has 2 aromatic rings. The highest BCUT2D eigenvalue weighted by Crippen LogP contribution is 2.43. The molecule has 0 saturated carbocycles. The number of esters is 1. The normalized spacial score (nSPS) is 20.0. The number of cyclic esters (lactones) is 1. The summed E-state index contributed by atoms with van der Waals surface area (Å²) in [6.45, 7) is 1.23. The number of alkyl halides is 3. The number of carbonyl (C=O) groups excluding carboxylic acids is 1. The van der Waals surface area contributed by atoms with Crippen LogP contribution in [0.2, 0.25) is 0 Å². The van der Waals surface area contributed by atoms with Crippen molar-refractivity contribution in [1.82, 2.24) is 0 Å². The number of rotatable bonds is 4. The van der Waals surface area contributed by atoms with Crippen molar-refractivity contribution in [3.05, 3.63) is 59.7 Å². The van der Waals surface area contributed by atoms with Crippen LogP contribution in [0.4, 0.5) is 13.2 Å². The van der Waals surface area contributed by atoms with Gasteiger partial charge in [0.2, 0.25) is 5.79 Å². The second-order valence-corrected chi connectivity index (χ2v) is 8.51. The molecule has 0 saturated heterocycles. The maximum Gasteiger partial charge on any atom is 0.573 e. The zero-order valence-corrected chi connectivity index (χ0v) is 16.0. The lowest BCUT2D eigenvalue weighted by Crippen LogP contribution is -2.26. The minimum Gasteiger partial charge on any atom is -0.425 e. The fraction of sp³-hybridized carbons (Fsp3) is 0.211. The number of hydrogen-bond acceptors (Lipinski definition) is 6. The number of benzene rings is 2. The van der Waals surface area contributed by atoms with E-state index in [1.807, 2.05) is 0 Å². The van der Waals surface area contributed by atoms with E-state index in [4.69, 9.17) is 4.74 Å². The molecule has 1 atom stereocenters. The Bertz CT molecular complexity index is 1080. The van der Waals surface area contributed by atoms with Crippen LogP contribution >= 0.6 is 0 Å². The van der Waals surface area contributed by atoms with E-state index in [0.29, 0.717) is 5.56 Å². The van der Waals surface area contributed by atoms with Gasteiger partial charge in [-0.15, -0.1) is 13.2 Å². The number of aliphatic hydroxyl groups is 1. The highest BCUT2D eigenvalue weighted by molar-refractivity contribution is 7.90. The fourth-order valence-corrected chi connectivity index (χ4v) is 3.61. The second kappa shape index (κ2) is 6.89. The molecule has 0 aromatic heterocycles. The van der Waals surface area contributed by atoms with Crippen LogP contribution in [0.1, 0.15) is 18.1 Å². The van der Waals surface area contributed by atoms with E-state index in [1.54, 1.807) is 0 Å². The minimum absolute atomic E-state index is 0.0435. The van der Waals surface area contributed by atoms with Crippen molar-refractivity contribution in [2.45, 2.75) is 24.0 Å². The lowest BCUT2D eigenvalue weighted by atomic mass is 9.92. The Morgan fingerprint density at radius 1 is 1.00 bits per heavy atom. The number of hydrogen-bond donors (Lipinski definition) is 1. The Morgan fingerprint density at radius 2 is 1.52 bits per heavy atom. The van der Waals surface area contributed by atoms with E-state index in [9.17, 15) is 31.5 Å². The summed E-state index contributed by atoms with van der Waals surface area (Å²) < 4.78 is 69.0. The van der Waals surface area contributed by atoms with E-state index in [0.717, 1.165) is 18.4 Å². The zero-order valence-electron chi connectivity index (χ0n) is 15.1. The fourth-order valence-electron chi connectivity index (χ4n) is 2.98. The zero-order chi connectivity index (χ0) is 21.6. The van der Waals surface area contributed by atoms with Gasteiger partial charge in [-0.2, -0.15) is 0 Å². The second-order valence-electron chi connectivity index (χ2n) is 6.49. The van der Waals surface area contributed by atoms with Crippen molar-refractivity contribution in [3.63, 3.8) is 0 Å². The molecular formula is C19H15F3O6S. The van der Waals surface area contributed by atoms with Crippen LogP contribution < -0.4 is 4.74 Å². The third-order valence-corrected chi connectivity index (χ3v) is 5.29. The predicted molar refractivity (Wildman–Crippen MR) is 96.2 cm³/mol. The van der Waals surface area contributed by atoms with Crippen molar-refractivity contribution < 1.29 is 41.0 Å². The van der Waals surface area contributed by atoms with Gasteiger partial charge in [-0.05, 0) is 35.4 Å². The summed E-state index contributed by atoms with van der Waals surface area (Å²) in [5, 5.41) is 10.6. The standard InChI is InChI=1S/C19H15F3O6S/c1-18(24)16(12-5-9-14(10-6-12)29(2,25)26)15(17(23)28-18)11-3-7-13(8-4-11)27-19(20,21)22/h3-10,24H,1-2H3. The highest BCUT2D eigenvalue weighted by atomic mass is 32.2. The first-order chi connectivity index (χ1) is 13.3. The monoisotopic (exact) mass is 428 g/mol. The van der Waals surface area contributed by atoms with Crippen molar-refractivity contribution in [3.8, 4) is 5.75 Å². The van der Waals surface area contributed by atoms with E-state index in [2.05, 4.69) is 4.74 Å². The van der Waals surface area contributed by atoms with E-state index < -0.39 is 33.7 Å².